The highest BCUT2D eigenvalue weighted by Crippen LogP contribution is 2.28. The van der Waals surface area contributed by atoms with E-state index in [0.29, 0.717) is 12.2 Å². The van der Waals surface area contributed by atoms with Crippen molar-refractivity contribution < 1.29 is 14.5 Å². The fourth-order valence-corrected chi connectivity index (χ4v) is 3.64. The molecule has 0 aromatic heterocycles. The van der Waals surface area contributed by atoms with Gasteiger partial charge >= 0.3 is 5.91 Å². The Balaban J connectivity index is 1.50. The third-order valence-electron chi connectivity index (χ3n) is 5.04. The van der Waals surface area contributed by atoms with E-state index in [9.17, 15) is 9.59 Å². The Bertz CT molecular complexity index is 871. The van der Waals surface area contributed by atoms with Gasteiger partial charge in [0.2, 0.25) is 0 Å². The van der Waals surface area contributed by atoms with Crippen LogP contribution >= 0.6 is 0 Å². The zero-order valence-electron chi connectivity index (χ0n) is 14.3. The van der Waals surface area contributed by atoms with Gasteiger partial charge in [0.05, 0.1) is 24.3 Å². The Morgan fingerprint density at radius 3 is 2.60 bits per heavy atom. The summed E-state index contributed by atoms with van der Waals surface area (Å²) in [6.45, 7) is 4.30. The van der Waals surface area contributed by atoms with Crippen LogP contribution in [-0.2, 0) is 4.79 Å². The second kappa shape index (κ2) is 6.30. The summed E-state index contributed by atoms with van der Waals surface area (Å²) in [5.41, 5.74) is 4.94. The molecule has 2 aliphatic rings. The van der Waals surface area contributed by atoms with E-state index in [-0.39, 0.29) is 5.78 Å². The molecular formula is C21H21N2O2+. The number of anilines is 1. The SMILES string of the molecule is Cc1ccc2c(c1)C(=O)C(=O)N2C[NH+]1CC=C(c2ccccc2)CC1. The van der Waals surface area contributed by atoms with Gasteiger partial charge in [-0.25, -0.2) is 0 Å². The quantitative estimate of drug-likeness (QED) is 0.871. The molecule has 2 aromatic carbocycles. The monoisotopic (exact) mass is 333 g/mol. The molecule has 25 heavy (non-hydrogen) atoms. The van der Waals surface area contributed by atoms with Crippen LogP contribution in [0, 0.1) is 6.92 Å². The molecule has 1 N–H and O–H groups in total. The van der Waals surface area contributed by atoms with Crippen LogP contribution in [0.4, 0.5) is 5.69 Å². The summed E-state index contributed by atoms with van der Waals surface area (Å²) in [6.07, 6.45) is 3.24. The van der Waals surface area contributed by atoms with Crippen molar-refractivity contribution in [3.8, 4) is 0 Å². The molecule has 4 heteroatoms. The summed E-state index contributed by atoms with van der Waals surface area (Å²) >= 11 is 0. The zero-order valence-corrected chi connectivity index (χ0v) is 14.3. The number of rotatable bonds is 3. The van der Waals surface area contributed by atoms with Crippen LogP contribution in [0.25, 0.3) is 5.57 Å². The number of nitrogens with one attached hydrogen (secondary N) is 1. The van der Waals surface area contributed by atoms with E-state index in [4.69, 9.17) is 0 Å². The first-order chi connectivity index (χ1) is 12.1. The number of nitrogens with zero attached hydrogens (tertiary/aromatic N) is 1. The minimum atomic E-state index is -0.397. The van der Waals surface area contributed by atoms with E-state index in [1.54, 1.807) is 4.90 Å². The van der Waals surface area contributed by atoms with Gasteiger partial charge in [-0.15, -0.1) is 0 Å². The van der Waals surface area contributed by atoms with Gasteiger partial charge in [0, 0.05) is 6.42 Å². The van der Waals surface area contributed by atoms with Crippen LogP contribution in [-0.4, -0.2) is 31.4 Å². The number of aryl methyl sites for hydroxylation is 1. The highest BCUT2D eigenvalue weighted by atomic mass is 16.2. The summed E-state index contributed by atoms with van der Waals surface area (Å²) in [5, 5.41) is 0. The fraction of sp³-hybridized carbons (Fsp3) is 0.238. The summed E-state index contributed by atoms with van der Waals surface area (Å²) in [6, 6.07) is 16.1. The third kappa shape index (κ3) is 2.89. The molecule has 2 aromatic rings. The van der Waals surface area contributed by atoms with Crippen molar-refractivity contribution in [1.29, 1.82) is 0 Å². The molecule has 0 saturated carbocycles. The van der Waals surface area contributed by atoms with Crippen molar-refractivity contribution in [3.63, 3.8) is 0 Å². The molecule has 0 radical (unpaired) electrons. The van der Waals surface area contributed by atoms with Gasteiger partial charge in [0.25, 0.3) is 5.78 Å². The number of Topliss-reactive ketones (excluding diaryl/α,β-unsaturated/α-hetero) is 1. The van der Waals surface area contributed by atoms with E-state index in [1.807, 2.05) is 31.2 Å². The number of amides is 1. The molecule has 0 spiro atoms. The van der Waals surface area contributed by atoms with Crippen LogP contribution in [0.1, 0.15) is 27.9 Å². The largest absolute Gasteiger partial charge is 0.314 e. The first kappa shape index (κ1) is 15.8. The Hall–Kier alpha value is -2.72. The Kier molecular flexibility index (Phi) is 3.98. The molecule has 0 bridgehead atoms. The number of fused-ring (bicyclic) bond motifs is 1. The van der Waals surface area contributed by atoms with E-state index in [0.717, 1.165) is 30.8 Å². The van der Waals surface area contributed by atoms with Gasteiger partial charge in [-0.2, -0.15) is 0 Å². The maximum atomic E-state index is 12.4. The molecule has 126 valence electrons. The lowest BCUT2D eigenvalue weighted by atomic mass is 10.00. The molecule has 4 nitrogen and oxygen atoms in total. The number of ketones is 1. The smallest absolute Gasteiger partial charge is 0.303 e. The first-order valence-corrected chi connectivity index (χ1v) is 8.68. The maximum absolute atomic E-state index is 12.4. The van der Waals surface area contributed by atoms with Gasteiger partial charge in [-0.1, -0.05) is 42.0 Å². The number of benzene rings is 2. The minimum Gasteiger partial charge on any atom is -0.314 e. The van der Waals surface area contributed by atoms with Crippen molar-refractivity contribution in [2.75, 3.05) is 24.7 Å². The van der Waals surface area contributed by atoms with Crippen LogP contribution < -0.4 is 9.80 Å². The van der Waals surface area contributed by atoms with Crippen LogP contribution in [0.5, 0.6) is 0 Å². The van der Waals surface area contributed by atoms with Crippen LogP contribution in [0.15, 0.2) is 54.6 Å². The average molecular weight is 333 g/mol. The molecule has 1 atom stereocenters. The van der Waals surface area contributed by atoms with Crippen molar-refractivity contribution in [3.05, 3.63) is 71.3 Å². The van der Waals surface area contributed by atoms with Crippen molar-refractivity contribution in [2.45, 2.75) is 13.3 Å². The predicted molar refractivity (Wildman–Crippen MR) is 97.6 cm³/mol. The number of carbonyl (C=O) groups is 2. The normalized spacial score (nSPS) is 19.8. The summed E-state index contributed by atoms with van der Waals surface area (Å²) in [4.78, 5) is 27.6. The van der Waals surface area contributed by atoms with Gasteiger partial charge < -0.3 is 4.90 Å². The topological polar surface area (TPSA) is 41.8 Å². The van der Waals surface area contributed by atoms with E-state index >= 15 is 0 Å². The molecule has 1 unspecified atom stereocenters. The van der Waals surface area contributed by atoms with Crippen molar-refractivity contribution in [2.24, 2.45) is 0 Å². The second-order valence-electron chi connectivity index (χ2n) is 6.79. The molecule has 4 rings (SSSR count). The van der Waals surface area contributed by atoms with Gasteiger partial charge in [-0.3, -0.25) is 14.5 Å². The highest BCUT2D eigenvalue weighted by Gasteiger charge is 2.37. The number of carbonyl (C=O) groups excluding carboxylic acids is 2. The number of quaternary nitrogens is 1. The third-order valence-corrected chi connectivity index (χ3v) is 5.04. The Morgan fingerprint density at radius 2 is 1.88 bits per heavy atom. The zero-order chi connectivity index (χ0) is 17.4. The maximum Gasteiger partial charge on any atom is 0.303 e. The van der Waals surface area contributed by atoms with E-state index < -0.39 is 5.91 Å². The first-order valence-electron chi connectivity index (χ1n) is 8.68. The lowest BCUT2D eigenvalue weighted by Crippen LogP contribution is -3.14. The molecule has 2 heterocycles. The fourth-order valence-electron chi connectivity index (χ4n) is 3.64. The lowest BCUT2D eigenvalue weighted by Gasteiger charge is -2.27. The predicted octanol–water partition coefficient (Wildman–Crippen LogP) is 1.85. The summed E-state index contributed by atoms with van der Waals surface area (Å²) in [5.74, 6) is -0.776. The van der Waals surface area contributed by atoms with Gasteiger partial charge in [-0.05, 0) is 36.3 Å². The Morgan fingerprint density at radius 1 is 1.08 bits per heavy atom. The van der Waals surface area contributed by atoms with Crippen molar-refractivity contribution >= 4 is 23.0 Å². The lowest BCUT2D eigenvalue weighted by molar-refractivity contribution is -0.893. The van der Waals surface area contributed by atoms with Crippen molar-refractivity contribution in [1.82, 2.24) is 0 Å². The van der Waals surface area contributed by atoms with Gasteiger partial charge in [0.15, 0.2) is 6.67 Å². The molecule has 0 saturated heterocycles. The number of hydrogen-bond acceptors (Lipinski definition) is 2. The summed E-state index contributed by atoms with van der Waals surface area (Å²) in [7, 11) is 0. The molecule has 0 aliphatic carbocycles. The molecule has 1 amide bonds. The molecule has 0 fully saturated rings. The van der Waals surface area contributed by atoms with Gasteiger partial charge in [0.1, 0.15) is 0 Å². The van der Waals surface area contributed by atoms with Crippen LogP contribution in [0.3, 0.4) is 0 Å². The highest BCUT2D eigenvalue weighted by molar-refractivity contribution is 6.52. The van der Waals surface area contributed by atoms with E-state index in [2.05, 4.69) is 30.3 Å². The van der Waals surface area contributed by atoms with E-state index in [1.165, 1.54) is 16.0 Å². The van der Waals surface area contributed by atoms with Crippen LogP contribution in [0.2, 0.25) is 0 Å². The number of hydrogen-bond donors (Lipinski definition) is 1. The molecular weight excluding hydrogens is 312 g/mol. The standard InChI is InChI=1S/C21H20N2O2/c1-15-7-8-19-18(13-15)20(24)21(25)23(19)14-22-11-9-17(10-12-22)16-5-3-2-4-6-16/h2-9,13H,10-12,14H2,1H3/p+1. The second-order valence-corrected chi connectivity index (χ2v) is 6.79. The molecule has 2 aliphatic heterocycles. The Labute approximate surface area is 147 Å². The minimum absolute atomic E-state index is 0.379. The average Bonchev–Trinajstić information content (AvgIpc) is 2.88. The summed E-state index contributed by atoms with van der Waals surface area (Å²) < 4.78 is 0.